The molecule has 0 saturated carbocycles. The molecule has 0 aromatic heterocycles. The summed E-state index contributed by atoms with van der Waals surface area (Å²) in [7, 11) is 1.38. The van der Waals surface area contributed by atoms with Gasteiger partial charge in [0, 0.05) is 16.7 Å². The first kappa shape index (κ1) is 18.5. The lowest BCUT2D eigenvalue weighted by atomic mass is 10.1. The highest BCUT2D eigenvalue weighted by molar-refractivity contribution is 6.31. The van der Waals surface area contributed by atoms with Crippen LogP contribution in [0.5, 0.6) is 11.5 Å². The van der Waals surface area contributed by atoms with Crippen molar-refractivity contribution in [2.45, 2.75) is 13.5 Å². The van der Waals surface area contributed by atoms with Gasteiger partial charge >= 0.3 is 5.97 Å². The number of ether oxygens (including phenoxy) is 3. The van der Waals surface area contributed by atoms with E-state index in [0.717, 1.165) is 6.07 Å². The van der Waals surface area contributed by atoms with E-state index in [9.17, 15) is 14.9 Å². The minimum Gasteiger partial charge on any atom is -0.493 e. The Bertz CT molecular complexity index is 793. The van der Waals surface area contributed by atoms with Gasteiger partial charge in [-0.1, -0.05) is 29.8 Å². The van der Waals surface area contributed by atoms with Crippen molar-refractivity contribution >= 4 is 23.3 Å². The van der Waals surface area contributed by atoms with Gasteiger partial charge in [0.25, 0.3) is 5.69 Å². The third-order valence-corrected chi connectivity index (χ3v) is 3.68. The first-order chi connectivity index (χ1) is 12.0. The van der Waals surface area contributed by atoms with Crippen LogP contribution in [0.25, 0.3) is 0 Å². The van der Waals surface area contributed by atoms with Gasteiger partial charge in [-0.2, -0.15) is 0 Å². The fourth-order valence-corrected chi connectivity index (χ4v) is 2.32. The molecule has 0 heterocycles. The highest BCUT2D eigenvalue weighted by atomic mass is 35.5. The highest BCUT2D eigenvalue weighted by Gasteiger charge is 2.26. The third kappa shape index (κ3) is 4.39. The number of methoxy groups -OCH3 is 1. The molecule has 8 heteroatoms. The summed E-state index contributed by atoms with van der Waals surface area (Å²) in [5, 5.41) is 11.7. The van der Waals surface area contributed by atoms with Crippen molar-refractivity contribution in [2.75, 3.05) is 13.7 Å². The number of nitrogens with zero attached hydrogens (tertiary/aromatic N) is 1. The fraction of sp³-hybridized carbons (Fsp3) is 0.235. The Labute approximate surface area is 149 Å². The van der Waals surface area contributed by atoms with E-state index in [1.165, 1.54) is 13.2 Å². The molecule has 2 aromatic carbocycles. The molecule has 25 heavy (non-hydrogen) atoms. The maximum Gasteiger partial charge on any atom is 0.345 e. The second-order valence-electron chi connectivity index (χ2n) is 4.88. The lowest BCUT2D eigenvalue weighted by Crippen LogP contribution is -2.10. The Hall–Kier alpha value is -2.80. The van der Waals surface area contributed by atoms with E-state index >= 15 is 0 Å². The van der Waals surface area contributed by atoms with Gasteiger partial charge in [-0.3, -0.25) is 10.1 Å². The Morgan fingerprint density at radius 2 is 1.96 bits per heavy atom. The predicted octanol–water partition coefficient (Wildman–Crippen LogP) is 4.01. The smallest absolute Gasteiger partial charge is 0.345 e. The average Bonchev–Trinajstić information content (AvgIpc) is 2.60. The summed E-state index contributed by atoms with van der Waals surface area (Å²) in [5.41, 5.74) is -0.0520. The normalized spacial score (nSPS) is 10.2. The molecule has 2 rings (SSSR count). The van der Waals surface area contributed by atoms with Crippen LogP contribution < -0.4 is 9.47 Å². The molecule has 0 aliphatic rings. The molecule has 0 saturated heterocycles. The van der Waals surface area contributed by atoms with Crippen molar-refractivity contribution in [3.8, 4) is 11.5 Å². The maximum atomic E-state index is 12.3. The van der Waals surface area contributed by atoms with Gasteiger partial charge in [0.15, 0.2) is 11.5 Å². The summed E-state index contributed by atoms with van der Waals surface area (Å²) in [4.78, 5) is 22.9. The fourth-order valence-electron chi connectivity index (χ4n) is 2.13. The number of rotatable bonds is 7. The van der Waals surface area contributed by atoms with Crippen LogP contribution in [0.2, 0.25) is 5.02 Å². The van der Waals surface area contributed by atoms with E-state index in [2.05, 4.69) is 0 Å². The minimum atomic E-state index is -0.854. The molecule has 7 nitrogen and oxygen atoms in total. The Kier molecular flexibility index (Phi) is 6.19. The predicted molar refractivity (Wildman–Crippen MR) is 91.4 cm³/mol. The largest absolute Gasteiger partial charge is 0.493 e. The topological polar surface area (TPSA) is 87.9 Å². The standard InChI is InChI=1S/C17H16ClNO6/c1-3-24-16-9-14(19(21)22)12(8-15(16)23-2)17(20)25-10-11-6-4-5-7-13(11)18/h4-9H,3,10H2,1-2H3. The van der Waals surface area contributed by atoms with Crippen molar-refractivity contribution in [3.05, 3.63) is 62.7 Å². The van der Waals surface area contributed by atoms with E-state index in [4.69, 9.17) is 25.8 Å². The molecular formula is C17H16ClNO6. The van der Waals surface area contributed by atoms with E-state index in [1.54, 1.807) is 31.2 Å². The third-order valence-electron chi connectivity index (χ3n) is 3.32. The summed E-state index contributed by atoms with van der Waals surface area (Å²) in [6, 6.07) is 9.23. The molecule has 0 bridgehead atoms. The lowest BCUT2D eigenvalue weighted by molar-refractivity contribution is -0.385. The monoisotopic (exact) mass is 365 g/mol. The van der Waals surface area contributed by atoms with E-state index in [1.807, 2.05) is 0 Å². The average molecular weight is 366 g/mol. The van der Waals surface area contributed by atoms with Crippen molar-refractivity contribution in [3.63, 3.8) is 0 Å². The number of benzene rings is 2. The lowest BCUT2D eigenvalue weighted by Gasteiger charge is -2.12. The van der Waals surface area contributed by atoms with E-state index < -0.39 is 16.6 Å². The molecule has 0 spiro atoms. The molecule has 0 N–H and O–H groups in total. The van der Waals surface area contributed by atoms with Crippen molar-refractivity contribution < 1.29 is 23.9 Å². The zero-order chi connectivity index (χ0) is 18.4. The summed E-state index contributed by atoms with van der Waals surface area (Å²) in [6.45, 7) is 1.92. The molecule has 0 atom stereocenters. The van der Waals surface area contributed by atoms with Gasteiger partial charge < -0.3 is 14.2 Å². The molecule has 132 valence electrons. The zero-order valence-corrected chi connectivity index (χ0v) is 14.4. The molecule has 0 radical (unpaired) electrons. The van der Waals surface area contributed by atoms with Crippen molar-refractivity contribution in [1.29, 1.82) is 0 Å². The quantitative estimate of drug-likeness (QED) is 0.418. The van der Waals surface area contributed by atoms with Crippen LogP contribution in [0.4, 0.5) is 5.69 Å². The van der Waals surface area contributed by atoms with Crippen LogP contribution in [0.3, 0.4) is 0 Å². The summed E-state index contributed by atoms with van der Waals surface area (Å²) >= 11 is 6.00. The van der Waals surface area contributed by atoms with Gasteiger partial charge in [-0.15, -0.1) is 0 Å². The zero-order valence-electron chi connectivity index (χ0n) is 13.7. The van der Waals surface area contributed by atoms with Crippen LogP contribution in [0, 0.1) is 10.1 Å². The highest BCUT2D eigenvalue weighted by Crippen LogP contribution is 2.35. The minimum absolute atomic E-state index is 0.106. The molecule has 0 aliphatic heterocycles. The molecule has 0 amide bonds. The Balaban J connectivity index is 2.31. The van der Waals surface area contributed by atoms with Crippen LogP contribution in [-0.2, 0) is 11.3 Å². The SMILES string of the molecule is CCOc1cc([N+](=O)[O-])c(C(=O)OCc2ccccc2Cl)cc1OC. The van der Waals surface area contributed by atoms with Gasteiger partial charge in [-0.25, -0.2) is 4.79 Å². The molecule has 0 unspecified atom stereocenters. The Morgan fingerprint density at radius 3 is 2.56 bits per heavy atom. The van der Waals surface area contributed by atoms with Crippen LogP contribution in [0.1, 0.15) is 22.8 Å². The first-order valence-corrected chi connectivity index (χ1v) is 7.75. The van der Waals surface area contributed by atoms with E-state index in [-0.39, 0.29) is 23.7 Å². The number of carbonyl (C=O) groups is 1. The maximum absolute atomic E-state index is 12.3. The van der Waals surface area contributed by atoms with Crippen molar-refractivity contribution in [1.82, 2.24) is 0 Å². The summed E-state index contributed by atoms with van der Waals surface area (Å²) in [6.07, 6.45) is 0. The molecular weight excluding hydrogens is 350 g/mol. The molecule has 0 aliphatic carbocycles. The van der Waals surface area contributed by atoms with Crippen LogP contribution >= 0.6 is 11.6 Å². The van der Waals surface area contributed by atoms with Crippen LogP contribution in [-0.4, -0.2) is 24.6 Å². The van der Waals surface area contributed by atoms with Gasteiger partial charge in [0.1, 0.15) is 12.2 Å². The second kappa shape index (κ2) is 8.34. The number of halogens is 1. The van der Waals surface area contributed by atoms with Gasteiger partial charge in [0.2, 0.25) is 0 Å². The second-order valence-corrected chi connectivity index (χ2v) is 5.29. The number of hydrogen-bond donors (Lipinski definition) is 0. The number of nitro groups is 1. The van der Waals surface area contributed by atoms with E-state index in [0.29, 0.717) is 17.2 Å². The molecule has 2 aromatic rings. The number of carbonyl (C=O) groups excluding carboxylic acids is 1. The van der Waals surface area contributed by atoms with Gasteiger partial charge in [-0.05, 0) is 13.0 Å². The van der Waals surface area contributed by atoms with Gasteiger partial charge in [0.05, 0.1) is 24.7 Å². The molecule has 0 fully saturated rings. The Morgan fingerprint density at radius 1 is 1.24 bits per heavy atom. The summed E-state index contributed by atoms with van der Waals surface area (Å²) in [5.74, 6) is -0.468. The number of esters is 1. The van der Waals surface area contributed by atoms with Crippen LogP contribution in [0.15, 0.2) is 36.4 Å². The number of hydrogen-bond acceptors (Lipinski definition) is 6. The summed E-state index contributed by atoms with van der Waals surface area (Å²) < 4.78 is 15.6. The number of nitro benzene ring substituents is 1. The van der Waals surface area contributed by atoms with Crippen molar-refractivity contribution in [2.24, 2.45) is 0 Å². The first-order valence-electron chi connectivity index (χ1n) is 7.37.